The number of methoxy groups -OCH3 is 1. The summed E-state index contributed by atoms with van der Waals surface area (Å²) >= 11 is 0. The number of anilines is 1. The molecule has 2 N–H and O–H groups in total. The Morgan fingerprint density at radius 2 is 2.12 bits per heavy atom. The van der Waals surface area contributed by atoms with E-state index < -0.39 is 5.97 Å². The fraction of sp³-hybridized carbons (Fsp3) is 0.111. The molecule has 82 valence electrons. The third kappa shape index (κ3) is 1.58. The van der Waals surface area contributed by atoms with Crippen molar-refractivity contribution in [3.8, 4) is 5.69 Å². The molecule has 2 aromatic rings. The first-order valence-electron chi connectivity index (χ1n) is 4.40. The van der Waals surface area contributed by atoms with Gasteiger partial charge in [0, 0.05) is 0 Å². The van der Waals surface area contributed by atoms with Crippen LogP contribution in [0, 0.1) is 0 Å². The standard InChI is InChI=1S/C9H9N5O2/c1-16-9(15)7-8(10)14(5-13-7)6-2-11-4-12-3-6/h2-5H,10H2,1H3. The first-order valence-corrected chi connectivity index (χ1v) is 4.40. The minimum Gasteiger partial charge on any atom is -0.464 e. The number of esters is 1. The lowest BCUT2D eigenvalue weighted by Gasteiger charge is -2.03. The van der Waals surface area contributed by atoms with Crippen molar-refractivity contribution in [3.05, 3.63) is 30.7 Å². The highest BCUT2D eigenvalue weighted by Gasteiger charge is 2.16. The highest BCUT2D eigenvalue weighted by Crippen LogP contribution is 2.15. The van der Waals surface area contributed by atoms with Crippen LogP contribution in [0.2, 0.25) is 0 Å². The number of imidazole rings is 1. The van der Waals surface area contributed by atoms with Gasteiger partial charge in [-0.15, -0.1) is 0 Å². The van der Waals surface area contributed by atoms with Crippen molar-refractivity contribution in [2.24, 2.45) is 0 Å². The third-order valence-corrected chi connectivity index (χ3v) is 2.01. The maximum atomic E-state index is 11.3. The number of ether oxygens (including phenoxy) is 1. The molecule has 0 unspecified atom stereocenters. The van der Waals surface area contributed by atoms with Crippen molar-refractivity contribution in [1.82, 2.24) is 19.5 Å². The number of hydrogen-bond acceptors (Lipinski definition) is 6. The maximum absolute atomic E-state index is 11.3. The van der Waals surface area contributed by atoms with Crippen LogP contribution in [0.15, 0.2) is 25.0 Å². The van der Waals surface area contributed by atoms with Gasteiger partial charge in [-0.05, 0) is 0 Å². The molecule has 0 atom stereocenters. The predicted octanol–water partition coefficient (Wildman–Crippen LogP) is 0.0311. The second-order valence-corrected chi connectivity index (χ2v) is 2.94. The van der Waals surface area contributed by atoms with Crippen molar-refractivity contribution in [3.63, 3.8) is 0 Å². The second-order valence-electron chi connectivity index (χ2n) is 2.94. The molecule has 0 aliphatic heterocycles. The lowest BCUT2D eigenvalue weighted by Crippen LogP contribution is -2.07. The molecule has 0 fully saturated rings. The van der Waals surface area contributed by atoms with E-state index in [1.54, 1.807) is 12.4 Å². The van der Waals surface area contributed by atoms with Crippen LogP contribution in [-0.2, 0) is 4.74 Å². The van der Waals surface area contributed by atoms with E-state index in [1.165, 1.54) is 24.3 Å². The van der Waals surface area contributed by atoms with Gasteiger partial charge in [0.25, 0.3) is 0 Å². The average Bonchev–Trinajstić information content (AvgIpc) is 2.71. The minimum absolute atomic E-state index is 0.0753. The molecule has 0 aliphatic carbocycles. The Morgan fingerprint density at radius 3 is 2.75 bits per heavy atom. The summed E-state index contributed by atoms with van der Waals surface area (Å²) < 4.78 is 6.05. The lowest BCUT2D eigenvalue weighted by atomic mass is 10.4. The van der Waals surface area contributed by atoms with Gasteiger partial charge in [0.1, 0.15) is 18.5 Å². The van der Waals surface area contributed by atoms with Crippen molar-refractivity contribution in [2.75, 3.05) is 12.8 Å². The second kappa shape index (κ2) is 3.97. The van der Waals surface area contributed by atoms with Crippen LogP contribution in [0.5, 0.6) is 0 Å². The summed E-state index contributed by atoms with van der Waals surface area (Å²) in [5.41, 5.74) is 6.46. The van der Waals surface area contributed by atoms with E-state index in [4.69, 9.17) is 5.73 Å². The molecule has 0 saturated heterocycles. The minimum atomic E-state index is -0.576. The van der Waals surface area contributed by atoms with Crippen LogP contribution in [0.3, 0.4) is 0 Å². The first kappa shape index (κ1) is 10.1. The molecule has 0 radical (unpaired) electrons. The van der Waals surface area contributed by atoms with Gasteiger partial charge in [0.05, 0.1) is 25.2 Å². The summed E-state index contributed by atoms with van der Waals surface area (Å²) in [5.74, 6) is -0.380. The van der Waals surface area contributed by atoms with E-state index in [0.29, 0.717) is 5.69 Å². The lowest BCUT2D eigenvalue weighted by molar-refractivity contribution is 0.0596. The molecule has 7 nitrogen and oxygen atoms in total. The molecular formula is C9H9N5O2. The van der Waals surface area contributed by atoms with Gasteiger partial charge in [-0.1, -0.05) is 0 Å². The van der Waals surface area contributed by atoms with Gasteiger partial charge >= 0.3 is 5.97 Å². The normalized spacial score (nSPS) is 10.1. The SMILES string of the molecule is COC(=O)c1ncn(-c2cncnc2)c1N. The maximum Gasteiger partial charge on any atom is 0.360 e. The number of nitrogens with zero attached hydrogens (tertiary/aromatic N) is 4. The van der Waals surface area contributed by atoms with Crippen molar-refractivity contribution >= 4 is 11.8 Å². The molecule has 2 rings (SSSR count). The molecule has 2 heterocycles. The van der Waals surface area contributed by atoms with Crippen molar-refractivity contribution < 1.29 is 9.53 Å². The van der Waals surface area contributed by atoms with Crippen LogP contribution in [0.1, 0.15) is 10.5 Å². The van der Waals surface area contributed by atoms with Crippen LogP contribution in [0.25, 0.3) is 5.69 Å². The van der Waals surface area contributed by atoms with Gasteiger partial charge in [0.2, 0.25) is 0 Å². The third-order valence-electron chi connectivity index (χ3n) is 2.01. The quantitative estimate of drug-likeness (QED) is 0.716. The Balaban J connectivity index is 2.45. The van der Waals surface area contributed by atoms with E-state index in [-0.39, 0.29) is 11.5 Å². The summed E-state index contributed by atoms with van der Waals surface area (Å²) in [6, 6.07) is 0. The summed E-state index contributed by atoms with van der Waals surface area (Å²) in [7, 11) is 1.27. The van der Waals surface area contributed by atoms with Crippen LogP contribution >= 0.6 is 0 Å². The smallest absolute Gasteiger partial charge is 0.360 e. The highest BCUT2D eigenvalue weighted by atomic mass is 16.5. The molecule has 0 aliphatic rings. The number of carbonyl (C=O) groups is 1. The van der Waals surface area contributed by atoms with E-state index in [9.17, 15) is 4.79 Å². The Kier molecular flexibility index (Phi) is 2.50. The molecule has 0 amide bonds. The summed E-state index contributed by atoms with van der Waals surface area (Å²) in [5, 5.41) is 0. The summed E-state index contributed by atoms with van der Waals surface area (Å²) in [6.45, 7) is 0. The largest absolute Gasteiger partial charge is 0.464 e. The number of carbonyl (C=O) groups excluding carboxylic acids is 1. The number of aromatic nitrogens is 4. The molecule has 16 heavy (non-hydrogen) atoms. The Bertz CT molecular complexity index is 508. The molecule has 0 aromatic carbocycles. The predicted molar refractivity (Wildman–Crippen MR) is 54.9 cm³/mol. The average molecular weight is 219 g/mol. The molecule has 7 heteroatoms. The Morgan fingerprint density at radius 1 is 1.44 bits per heavy atom. The van der Waals surface area contributed by atoms with Gasteiger partial charge in [0.15, 0.2) is 5.69 Å². The fourth-order valence-corrected chi connectivity index (χ4v) is 1.23. The van der Waals surface area contributed by atoms with Crippen LogP contribution in [-0.4, -0.2) is 32.6 Å². The summed E-state index contributed by atoms with van der Waals surface area (Å²) in [4.78, 5) is 22.8. The zero-order valence-corrected chi connectivity index (χ0v) is 8.49. The van der Waals surface area contributed by atoms with Gasteiger partial charge < -0.3 is 10.5 Å². The van der Waals surface area contributed by atoms with E-state index >= 15 is 0 Å². The first-order chi connectivity index (χ1) is 7.74. The van der Waals surface area contributed by atoms with Gasteiger partial charge in [-0.25, -0.2) is 19.7 Å². The van der Waals surface area contributed by atoms with Gasteiger partial charge in [-0.3, -0.25) is 4.57 Å². The van der Waals surface area contributed by atoms with E-state index in [1.807, 2.05) is 0 Å². The van der Waals surface area contributed by atoms with E-state index in [2.05, 4.69) is 19.7 Å². The topological polar surface area (TPSA) is 95.9 Å². The van der Waals surface area contributed by atoms with Gasteiger partial charge in [-0.2, -0.15) is 0 Å². The monoisotopic (exact) mass is 219 g/mol. The van der Waals surface area contributed by atoms with Crippen LogP contribution in [0.4, 0.5) is 5.82 Å². The molecule has 0 bridgehead atoms. The molecule has 0 spiro atoms. The fourth-order valence-electron chi connectivity index (χ4n) is 1.23. The number of hydrogen-bond donors (Lipinski definition) is 1. The Labute approximate surface area is 90.9 Å². The molecule has 2 aromatic heterocycles. The van der Waals surface area contributed by atoms with Crippen LogP contribution < -0.4 is 5.73 Å². The summed E-state index contributed by atoms with van der Waals surface area (Å²) in [6.07, 6.45) is 5.94. The molecular weight excluding hydrogens is 210 g/mol. The van der Waals surface area contributed by atoms with Crippen molar-refractivity contribution in [1.29, 1.82) is 0 Å². The number of nitrogen functional groups attached to an aromatic ring is 1. The zero-order valence-electron chi connectivity index (χ0n) is 8.49. The number of rotatable bonds is 2. The highest BCUT2D eigenvalue weighted by molar-refractivity contribution is 5.92. The van der Waals surface area contributed by atoms with E-state index in [0.717, 1.165) is 0 Å². The molecule has 0 saturated carbocycles. The Hall–Kier alpha value is -2.44. The number of nitrogens with two attached hydrogens (primary N) is 1. The zero-order chi connectivity index (χ0) is 11.5. The van der Waals surface area contributed by atoms with Crippen molar-refractivity contribution in [2.45, 2.75) is 0 Å².